The molecule has 1 aromatic heterocycles. The van der Waals surface area contributed by atoms with Gasteiger partial charge < -0.3 is 4.90 Å². The van der Waals surface area contributed by atoms with Gasteiger partial charge in [0.1, 0.15) is 5.37 Å². The van der Waals surface area contributed by atoms with Crippen LogP contribution in [0.1, 0.15) is 62.8 Å². The molecule has 0 aliphatic carbocycles. The van der Waals surface area contributed by atoms with Crippen LogP contribution in [0, 0.1) is 0 Å². The van der Waals surface area contributed by atoms with Crippen LogP contribution in [0.5, 0.6) is 0 Å². The maximum Gasteiger partial charge on any atom is 0.233 e. The fourth-order valence-corrected chi connectivity index (χ4v) is 3.93. The minimum atomic E-state index is 0.172. The highest BCUT2D eigenvalue weighted by atomic mass is 32.2. The molecule has 1 atom stereocenters. The van der Waals surface area contributed by atoms with Crippen molar-refractivity contribution in [1.82, 2.24) is 9.88 Å². The Labute approximate surface area is 132 Å². The molecule has 3 nitrogen and oxygen atoms in total. The number of aromatic nitrogens is 1. The van der Waals surface area contributed by atoms with Gasteiger partial charge in [-0.2, -0.15) is 0 Å². The number of hydrogen-bond donors (Lipinski definition) is 0. The molecule has 21 heavy (non-hydrogen) atoms. The summed E-state index contributed by atoms with van der Waals surface area (Å²) in [6, 6.07) is 4.02. The first-order valence-corrected chi connectivity index (χ1v) is 9.19. The fraction of sp³-hybridized carbons (Fsp3) is 0.647. The maximum atomic E-state index is 12.0. The molecule has 1 fully saturated rings. The third-order valence-electron chi connectivity index (χ3n) is 3.94. The van der Waals surface area contributed by atoms with Gasteiger partial charge in [0, 0.05) is 24.5 Å². The summed E-state index contributed by atoms with van der Waals surface area (Å²) in [7, 11) is 0. The monoisotopic (exact) mass is 306 g/mol. The van der Waals surface area contributed by atoms with Crippen LogP contribution in [0.15, 0.2) is 24.5 Å². The summed E-state index contributed by atoms with van der Waals surface area (Å²) < 4.78 is 0. The van der Waals surface area contributed by atoms with Crippen molar-refractivity contribution in [3.63, 3.8) is 0 Å². The first-order chi connectivity index (χ1) is 10.3. The lowest BCUT2D eigenvalue weighted by Crippen LogP contribution is -2.29. The first-order valence-electron chi connectivity index (χ1n) is 8.14. The third kappa shape index (κ3) is 5.03. The third-order valence-corrected chi connectivity index (χ3v) is 5.20. The standard InChI is InChI=1S/C17H26N2OS/c1-2-3-4-5-6-7-8-12-19-16(20)14-21-17(19)15-10-9-11-18-13-15/h9-11,13,17H,2-8,12,14H2,1H3. The quantitative estimate of drug-likeness (QED) is 0.634. The van der Waals surface area contributed by atoms with Gasteiger partial charge in [-0.05, 0) is 12.5 Å². The molecule has 0 saturated carbocycles. The van der Waals surface area contributed by atoms with Crippen molar-refractivity contribution in [3.8, 4) is 0 Å². The van der Waals surface area contributed by atoms with Crippen molar-refractivity contribution in [1.29, 1.82) is 0 Å². The van der Waals surface area contributed by atoms with E-state index in [-0.39, 0.29) is 11.3 Å². The lowest BCUT2D eigenvalue weighted by molar-refractivity contribution is -0.128. The van der Waals surface area contributed by atoms with E-state index in [1.807, 2.05) is 17.2 Å². The average molecular weight is 306 g/mol. The molecular formula is C17H26N2OS. The predicted octanol–water partition coefficient (Wildman–Crippen LogP) is 4.41. The van der Waals surface area contributed by atoms with E-state index in [0.29, 0.717) is 5.75 Å². The summed E-state index contributed by atoms with van der Waals surface area (Å²) in [6.45, 7) is 3.13. The zero-order valence-corrected chi connectivity index (χ0v) is 13.8. The molecule has 2 rings (SSSR count). The van der Waals surface area contributed by atoms with Gasteiger partial charge in [-0.1, -0.05) is 51.5 Å². The van der Waals surface area contributed by atoms with Crippen molar-refractivity contribution >= 4 is 17.7 Å². The maximum absolute atomic E-state index is 12.0. The van der Waals surface area contributed by atoms with E-state index in [1.165, 1.54) is 38.5 Å². The van der Waals surface area contributed by atoms with Crippen LogP contribution in [0.2, 0.25) is 0 Å². The lowest BCUT2D eigenvalue weighted by atomic mass is 10.1. The van der Waals surface area contributed by atoms with Crippen molar-refractivity contribution in [2.75, 3.05) is 12.3 Å². The Morgan fingerprint density at radius 2 is 2.00 bits per heavy atom. The van der Waals surface area contributed by atoms with E-state index < -0.39 is 0 Å². The molecule has 0 spiro atoms. The Balaban J connectivity index is 1.74. The van der Waals surface area contributed by atoms with Crippen molar-refractivity contribution < 1.29 is 4.79 Å². The Morgan fingerprint density at radius 1 is 1.24 bits per heavy atom. The normalized spacial score (nSPS) is 18.4. The number of unbranched alkanes of at least 4 members (excludes halogenated alkanes) is 6. The molecule has 0 radical (unpaired) electrons. The molecule has 2 heterocycles. The van der Waals surface area contributed by atoms with Gasteiger partial charge in [-0.25, -0.2) is 0 Å². The highest BCUT2D eigenvalue weighted by molar-refractivity contribution is 8.00. The van der Waals surface area contributed by atoms with E-state index in [9.17, 15) is 4.79 Å². The van der Waals surface area contributed by atoms with Gasteiger partial charge in [0.2, 0.25) is 5.91 Å². The van der Waals surface area contributed by atoms with Gasteiger partial charge in [-0.3, -0.25) is 9.78 Å². The largest absolute Gasteiger partial charge is 0.326 e. The molecule has 116 valence electrons. The number of rotatable bonds is 9. The predicted molar refractivity (Wildman–Crippen MR) is 89.1 cm³/mol. The number of thioether (sulfide) groups is 1. The highest BCUT2D eigenvalue weighted by Crippen LogP contribution is 2.38. The highest BCUT2D eigenvalue weighted by Gasteiger charge is 2.32. The van der Waals surface area contributed by atoms with Gasteiger partial charge in [0.25, 0.3) is 0 Å². The van der Waals surface area contributed by atoms with Gasteiger partial charge >= 0.3 is 0 Å². The van der Waals surface area contributed by atoms with Crippen molar-refractivity contribution in [2.45, 2.75) is 57.2 Å². The molecule has 1 saturated heterocycles. The summed E-state index contributed by atoms with van der Waals surface area (Å²) in [5.41, 5.74) is 1.15. The summed E-state index contributed by atoms with van der Waals surface area (Å²) in [4.78, 5) is 18.3. The Kier molecular flexibility index (Phi) is 7.07. The lowest BCUT2D eigenvalue weighted by Gasteiger charge is -2.23. The number of pyridine rings is 1. The van der Waals surface area contributed by atoms with Crippen LogP contribution in [-0.2, 0) is 4.79 Å². The van der Waals surface area contributed by atoms with E-state index in [0.717, 1.165) is 18.5 Å². The topological polar surface area (TPSA) is 33.2 Å². The summed E-state index contributed by atoms with van der Waals surface area (Å²) in [6.07, 6.45) is 12.7. The summed E-state index contributed by atoms with van der Waals surface area (Å²) in [5.74, 6) is 0.885. The molecule has 1 aliphatic heterocycles. The first kappa shape index (κ1) is 16.3. The van der Waals surface area contributed by atoms with Crippen LogP contribution in [0.4, 0.5) is 0 Å². The number of carbonyl (C=O) groups excluding carboxylic acids is 1. The van der Waals surface area contributed by atoms with Crippen LogP contribution in [0.25, 0.3) is 0 Å². The molecule has 1 unspecified atom stereocenters. The van der Waals surface area contributed by atoms with Crippen LogP contribution in [-0.4, -0.2) is 28.1 Å². The second-order valence-electron chi connectivity index (χ2n) is 5.66. The van der Waals surface area contributed by atoms with Gasteiger partial charge in [-0.15, -0.1) is 11.8 Å². The van der Waals surface area contributed by atoms with Crippen molar-refractivity contribution in [3.05, 3.63) is 30.1 Å². The minimum Gasteiger partial charge on any atom is -0.326 e. The van der Waals surface area contributed by atoms with E-state index in [2.05, 4.69) is 18.0 Å². The molecule has 0 bridgehead atoms. The minimum absolute atomic E-state index is 0.172. The molecule has 1 amide bonds. The fourth-order valence-electron chi connectivity index (χ4n) is 2.73. The summed E-state index contributed by atoms with van der Waals surface area (Å²) in [5, 5.41) is 0.172. The molecule has 1 aromatic rings. The smallest absolute Gasteiger partial charge is 0.233 e. The molecule has 0 N–H and O–H groups in total. The number of amides is 1. The second kappa shape index (κ2) is 9.08. The number of carbonyl (C=O) groups is 1. The molecule has 0 aromatic carbocycles. The van der Waals surface area contributed by atoms with Gasteiger partial charge in [0.05, 0.1) is 5.75 Å². The zero-order valence-electron chi connectivity index (χ0n) is 13.0. The number of hydrogen-bond acceptors (Lipinski definition) is 3. The second-order valence-corrected chi connectivity index (χ2v) is 6.73. The van der Waals surface area contributed by atoms with Crippen LogP contribution in [0.3, 0.4) is 0 Å². The summed E-state index contributed by atoms with van der Waals surface area (Å²) >= 11 is 1.72. The molecule has 1 aliphatic rings. The SMILES string of the molecule is CCCCCCCCCN1C(=O)CSC1c1cccnc1. The zero-order chi connectivity index (χ0) is 14.9. The molecule has 4 heteroatoms. The Morgan fingerprint density at radius 3 is 2.71 bits per heavy atom. The van der Waals surface area contributed by atoms with E-state index in [4.69, 9.17) is 0 Å². The van der Waals surface area contributed by atoms with Gasteiger partial charge in [0.15, 0.2) is 0 Å². The Hall–Kier alpha value is -1.03. The number of nitrogens with zero attached hydrogens (tertiary/aromatic N) is 2. The molecular weight excluding hydrogens is 280 g/mol. The van der Waals surface area contributed by atoms with Crippen LogP contribution >= 0.6 is 11.8 Å². The van der Waals surface area contributed by atoms with Crippen molar-refractivity contribution in [2.24, 2.45) is 0 Å². The van der Waals surface area contributed by atoms with Crippen LogP contribution < -0.4 is 0 Å². The average Bonchev–Trinajstić information content (AvgIpc) is 2.88. The van der Waals surface area contributed by atoms with E-state index >= 15 is 0 Å². The van der Waals surface area contributed by atoms with E-state index in [1.54, 1.807) is 18.0 Å². The Bertz CT molecular complexity index is 424.